The number of aromatic nitrogens is 1. The fourth-order valence-corrected chi connectivity index (χ4v) is 4.72. The zero-order valence-corrected chi connectivity index (χ0v) is 16.0. The standard InChI is InChI=1S/C17H16ClN3O2S2/c1-11-8-12(2)17(14(18)9-11)20-13-5-6-15(19-10-13)21-25(22,23)16-4-3-7-24-16/h3-10,20H,1-2H3,(H,19,21). The van der Waals surface area contributed by atoms with Crippen molar-refractivity contribution in [2.45, 2.75) is 18.1 Å². The second-order valence-corrected chi connectivity index (χ2v) is 8.80. The van der Waals surface area contributed by atoms with Crippen LogP contribution in [0.15, 0.2) is 52.2 Å². The molecule has 8 heteroatoms. The van der Waals surface area contributed by atoms with E-state index in [0.717, 1.165) is 28.2 Å². The molecule has 0 saturated heterocycles. The van der Waals surface area contributed by atoms with Crippen molar-refractivity contribution in [2.24, 2.45) is 0 Å². The van der Waals surface area contributed by atoms with E-state index in [4.69, 9.17) is 11.6 Å². The first-order valence-electron chi connectivity index (χ1n) is 7.41. The first-order chi connectivity index (χ1) is 11.8. The summed E-state index contributed by atoms with van der Waals surface area (Å²) in [6, 6.07) is 10.5. The lowest BCUT2D eigenvalue weighted by molar-refractivity contribution is 0.603. The second kappa shape index (κ2) is 7.03. The zero-order valence-electron chi connectivity index (χ0n) is 13.6. The van der Waals surface area contributed by atoms with Crippen LogP contribution in [0, 0.1) is 13.8 Å². The third kappa shape index (κ3) is 4.12. The van der Waals surface area contributed by atoms with Gasteiger partial charge in [0.15, 0.2) is 0 Å². The van der Waals surface area contributed by atoms with Gasteiger partial charge in [-0.05, 0) is 54.6 Å². The van der Waals surface area contributed by atoms with Crippen LogP contribution in [0.5, 0.6) is 0 Å². The second-order valence-electron chi connectivity index (χ2n) is 5.53. The van der Waals surface area contributed by atoms with Crippen molar-refractivity contribution in [3.05, 3.63) is 64.1 Å². The molecule has 0 aliphatic heterocycles. The normalized spacial score (nSPS) is 11.3. The van der Waals surface area contributed by atoms with Crippen LogP contribution < -0.4 is 10.0 Å². The molecule has 3 rings (SSSR count). The molecule has 0 unspecified atom stereocenters. The van der Waals surface area contributed by atoms with Gasteiger partial charge >= 0.3 is 0 Å². The van der Waals surface area contributed by atoms with E-state index in [2.05, 4.69) is 15.0 Å². The van der Waals surface area contributed by atoms with Crippen molar-refractivity contribution in [1.29, 1.82) is 0 Å². The van der Waals surface area contributed by atoms with Crippen molar-refractivity contribution in [3.63, 3.8) is 0 Å². The van der Waals surface area contributed by atoms with Gasteiger partial charge in [0, 0.05) is 0 Å². The number of halogens is 1. The van der Waals surface area contributed by atoms with Crippen LogP contribution in [0.2, 0.25) is 5.02 Å². The molecule has 0 bridgehead atoms. The van der Waals surface area contributed by atoms with Gasteiger partial charge in [0.2, 0.25) is 0 Å². The molecule has 2 aromatic heterocycles. The molecule has 1 aromatic carbocycles. The van der Waals surface area contributed by atoms with E-state index in [0.29, 0.717) is 10.7 Å². The van der Waals surface area contributed by atoms with E-state index in [-0.39, 0.29) is 10.0 Å². The summed E-state index contributed by atoms with van der Waals surface area (Å²) in [5.41, 5.74) is 3.63. The first kappa shape index (κ1) is 17.7. The minimum atomic E-state index is -3.60. The largest absolute Gasteiger partial charge is 0.353 e. The summed E-state index contributed by atoms with van der Waals surface area (Å²) in [6.07, 6.45) is 1.56. The number of aryl methyl sites for hydroxylation is 2. The smallest absolute Gasteiger partial charge is 0.272 e. The number of benzene rings is 1. The Kier molecular flexibility index (Phi) is 4.99. The van der Waals surface area contributed by atoms with Gasteiger partial charge in [-0.25, -0.2) is 13.4 Å². The molecule has 2 N–H and O–H groups in total. The van der Waals surface area contributed by atoms with Crippen molar-refractivity contribution < 1.29 is 8.42 Å². The van der Waals surface area contributed by atoms with Crippen LogP contribution in [0.1, 0.15) is 11.1 Å². The maximum atomic E-state index is 12.2. The molecule has 0 amide bonds. The topological polar surface area (TPSA) is 71.1 Å². The zero-order chi connectivity index (χ0) is 18.0. The number of hydrogen-bond acceptors (Lipinski definition) is 5. The number of nitrogens with one attached hydrogen (secondary N) is 2. The van der Waals surface area contributed by atoms with E-state index in [1.807, 2.05) is 26.0 Å². The quantitative estimate of drug-likeness (QED) is 0.642. The highest BCUT2D eigenvalue weighted by Crippen LogP contribution is 2.30. The molecule has 0 atom stereocenters. The highest BCUT2D eigenvalue weighted by atomic mass is 35.5. The third-order valence-corrected chi connectivity index (χ3v) is 6.51. The lowest BCUT2D eigenvalue weighted by atomic mass is 10.1. The molecule has 0 saturated carbocycles. The molecule has 0 aliphatic carbocycles. The van der Waals surface area contributed by atoms with Crippen LogP contribution in [0.4, 0.5) is 17.2 Å². The van der Waals surface area contributed by atoms with Crippen molar-refractivity contribution in [2.75, 3.05) is 10.0 Å². The highest BCUT2D eigenvalue weighted by Gasteiger charge is 2.15. The molecule has 5 nitrogen and oxygen atoms in total. The lowest BCUT2D eigenvalue weighted by Crippen LogP contribution is -2.12. The van der Waals surface area contributed by atoms with E-state index < -0.39 is 10.0 Å². The van der Waals surface area contributed by atoms with Crippen LogP contribution in [0.3, 0.4) is 0 Å². The van der Waals surface area contributed by atoms with Crippen molar-refractivity contribution in [3.8, 4) is 0 Å². The summed E-state index contributed by atoms with van der Waals surface area (Å²) in [5, 5.41) is 5.55. The number of rotatable bonds is 5. The van der Waals surface area contributed by atoms with Gasteiger partial charge in [0.05, 0.1) is 22.6 Å². The molecule has 0 fully saturated rings. The molecular formula is C17H16ClN3O2S2. The van der Waals surface area contributed by atoms with Gasteiger partial charge in [-0.3, -0.25) is 4.72 Å². The molecule has 0 radical (unpaired) electrons. The average Bonchev–Trinajstić information content (AvgIpc) is 3.07. The molecule has 2 heterocycles. The Morgan fingerprint density at radius 1 is 1.16 bits per heavy atom. The maximum absolute atomic E-state index is 12.2. The summed E-state index contributed by atoms with van der Waals surface area (Å²) in [7, 11) is -3.60. The van der Waals surface area contributed by atoms with Gasteiger partial charge in [0.25, 0.3) is 10.0 Å². The Balaban J connectivity index is 1.77. The maximum Gasteiger partial charge on any atom is 0.272 e. The number of thiophene rings is 1. The Hall–Kier alpha value is -2.09. The Morgan fingerprint density at radius 3 is 2.56 bits per heavy atom. The van der Waals surface area contributed by atoms with E-state index >= 15 is 0 Å². The molecule has 0 aliphatic rings. The van der Waals surface area contributed by atoms with Crippen LogP contribution in [-0.2, 0) is 10.0 Å². The molecule has 0 spiro atoms. The fourth-order valence-electron chi connectivity index (χ4n) is 2.35. The fraction of sp³-hybridized carbons (Fsp3) is 0.118. The van der Waals surface area contributed by atoms with Crippen LogP contribution in [-0.4, -0.2) is 13.4 Å². The van der Waals surface area contributed by atoms with Crippen LogP contribution in [0.25, 0.3) is 0 Å². The molecule has 25 heavy (non-hydrogen) atoms. The summed E-state index contributed by atoms with van der Waals surface area (Å²) >= 11 is 7.44. The van der Waals surface area contributed by atoms with Gasteiger partial charge in [0.1, 0.15) is 10.0 Å². The number of pyridine rings is 1. The van der Waals surface area contributed by atoms with Gasteiger partial charge < -0.3 is 5.32 Å². The summed E-state index contributed by atoms with van der Waals surface area (Å²) in [5.74, 6) is 0.255. The SMILES string of the molecule is Cc1cc(C)c(Nc2ccc(NS(=O)(=O)c3cccs3)nc2)c(Cl)c1. The molecular weight excluding hydrogens is 378 g/mol. The summed E-state index contributed by atoms with van der Waals surface area (Å²) in [6.45, 7) is 3.96. The van der Waals surface area contributed by atoms with Crippen LogP contribution >= 0.6 is 22.9 Å². The lowest BCUT2D eigenvalue weighted by Gasteiger charge is -2.13. The number of anilines is 3. The number of hydrogen-bond donors (Lipinski definition) is 2. The Bertz CT molecular complexity index is 962. The summed E-state index contributed by atoms with van der Waals surface area (Å²) < 4.78 is 27.1. The third-order valence-electron chi connectivity index (χ3n) is 3.46. The number of sulfonamides is 1. The van der Waals surface area contributed by atoms with E-state index in [9.17, 15) is 8.42 Å². The van der Waals surface area contributed by atoms with E-state index in [1.165, 1.54) is 0 Å². The minimum Gasteiger partial charge on any atom is -0.353 e. The monoisotopic (exact) mass is 393 g/mol. The van der Waals surface area contributed by atoms with Gasteiger partial charge in [-0.2, -0.15) is 0 Å². The summed E-state index contributed by atoms with van der Waals surface area (Å²) in [4.78, 5) is 4.16. The number of nitrogens with zero attached hydrogens (tertiary/aromatic N) is 1. The Labute approximate surface area is 155 Å². The van der Waals surface area contributed by atoms with Gasteiger partial charge in [-0.15, -0.1) is 11.3 Å². The minimum absolute atomic E-state index is 0.249. The van der Waals surface area contributed by atoms with E-state index in [1.54, 1.807) is 35.8 Å². The molecule has 130 valence electrons. The predicted molar refractivity (Wildman–Crippen MR) is 104 cm³/mol. The average molecular weight is 394 g/mol. The van der Waals surface area contributed by atoms with Gasteiger partial charge in [-0.1, -0.05) is 23.7 Å². The first-order valence-corrected chi connectivity index (χ1v) is 10.2. The molecule has 3 aromatic rings. The van der Waals surface area contributed by atoms with Crippen molar-refractivity contribution in [1.82, 2.24) is 4.98 Å². The predicted octanol–water partition coefficient (Wildman–Crippen LogP) is 4.96. The highest BCUT2D eigenvalue weighted by molar-refractivity contribution is 7.94. The Morgan fingerprint density at radius 2 is 1.96 bits per heavy atom. The van der Waals surface area contributed by atoms with Crippen molar-refractivity contribution >= 4 is 50.2 Å².